The Balaban J connectivity index is 2.49. The van der Waals surface area contributed by atoms with E-state index in [0.29, 0.717) is 5.69 Å². The van der Waals surface area contributed by atoms with Gasteiger partial charge in [0.25, 0.3) is 0 Å². The van der Waals surface area contributed by atoms with E-state index in [2.05, 4.69) is 5.32 Å². The van der Waals surface area contributed by atoms with Crippen LogP contribution in [0.4, 0.5) is 10.1 Å². The van der Waals surface area contributed by atoms with Crippen LogP contribution in [-0.4, -0.2) is 23.7 Å². The fraction of sp³-hybridized carbons (Fsp3) is 0.222. The van der Waals surface area contributed by atoms with Gasteiger partial charge in [-0.2, -0.15) is 0 Å². The molecule has 4 nitrogen and oxygen atoms in total. The Labute approximate surface area is 80.5 Å². The molecule has 0 heterocycles. The van der Waals surface area contributed by atoms with Gasteiger partial charge in [0.1, 0.15) is 11.9 Å². The molecule has 1 rings (SSSR count). The highest BCUT2D eigenvalue weighted by Gasteiger charge is 2.10. The number of carboxylic acid groups (broad SMARTS) is 1. The van der Waals surface area contributed by atoms with Crippen LogP contribution < -0.4 is 11.1 Å². The molecule has 76 valence electrons. The van der Waals surface area contributed by atoms with Crippen molar-refractivity contribution in [3.8, 4) is 0 Å². The summed E-state index contributed by atoms with van der Waals surface area (Å²) in [5.41, 5.74) is 5.76. The molecule has 0 fully saturated rings. The van der Waals surface area contributed by atoms with Crippen LogP contribution >= 0.6 is 0 Å². The Hall–Kier alpha value is -1.62. The molecule has 1 aromatic carbocycles. The number of rotatable bonds is 4. The second kappa shape index (κ2) is 4.57. The molecule has 0 aromatic heterocycles. The maximum atomic E-state index is 12.7. The minimum absolute atomic E-state index is 0.0682. The van der Waals surface area contributed by atoms with Crippen molar-refractivity contribution in [1.29, 1.82) is 0 Å². The van der Waals surface area contributed by atoms with Crippen molar-refractivity contribution in [2.45, 2.75) is 6.04 Å². The van der Waals surface area contributed by atoms with Gasteiger partial charge in [-0.1, -0.05) is 6.07 Å². The van der Waals surface area contributed by atoms with E-state index in [1.807, 2.05) is 0 Å². The van der Waals surface area contributed by atoms with Gasteiger partial charge in [0.2, 0.25) is 0 Å². The number of carbonyl (C=O) groups is 1. The van der Waals surface area contributed by atoms with Gasteiger partial charge in [0.05, 0.1) is 0 Å². The smallest absolute Gasteiger partial charge is 0.322 e. The number of carboxylic acids is 1. The van der Waals surface area contributed by atoms with E-state index in [1.54, 1.807) is 6.07 Å². The van der Waals surface area contributed by atoms with E-state index >= 15 is 0 Å². The molecule has 0 amide bonds. The van der Waals surface area contributed by atoms with Crippen molar-refractivity contribution < 1.29 is 14.3 Å². The summed E-state index contributed by atoms with van der Waals surface area (Å²) in [6.07, 6.45) is 0. The number of anilines is 1. The minimum atomic E-state index is -1.09. The van der Waals surface area contributed by atoms with Crippen LogP contribution in [-0.2, 0) is 4.79 Å². The van der Waals surface area contributed by atoms with Gasteiger partial charge in [-0.25, -0.2) is 4.39 Å². The lowest BCUT2D eigenvalue weighted by Gasteiger charge is -2.09. The molecule has 4 N–H and O–H groups in total. The Bertz CT molecular complexity index is 330. The fourth-order valence-electron chi connectivity index (χ4n) is 0.914. The third kappa shape index (κ3) is 3.02. The molecular weight excluding hydrogens is 187 g/mol. The van der Waals surface area contributed by atoms with Crippen molar-refractivity contribution in [3.63, 3.8) is 0 Å². The van der Waals surface area contributed by atoms with Crippen molar-refractivity contribution >= 4 is 11.7 Å². The molecule has 0 spiro atoms. The molecule has 0 bridgehead atoms. The summed E-state index contributed by atoms with van der Waals surface area (Å²) in [5, 5.41) is 11.2. The molecule has 0 radical (unpaired) electrons. The van der Waals surface area contributed by atoms with E-state index in [-0.39, 0.29) is 12.4 Å². The number of nitrogens with two attached hydrogens (primary N) is 1. The third-order valence-electron chi connectivity index (χ3n) is 1.67. The molecule has 0 aliphatic rings. The molecule has 0 aliphatic heterocycles. The van der Waals surface area contributed by atoms with Crippen LogP contribution in [0.25, 0.3) is 0 Å². The summed E-state index contributed by atoms with van der Waals surface area (Å²) >= 11 is 0. The monoisotopic (exact) mass is 198 g/mol. The zero-order chi connectivity index (χ0) is 10.6. The van der Waals surface area contributed by atoms with Crippen LogP contribution in [0.15, 0.2) is 24.3 Å². The molecular formula is C9H11FN2O2. The van der Waals surface area contributed by atoms with Gasteiger partial charge in [-0.3, -0.25) is 4.79 Å². The number of hydrogen-bond acceptors (Lipinski definition) is 3. The zero-order valence-electron chi connectivity index (χ0n) is 7.40. The molecule has 1 unspecified atom stereocenters. The number of nitrogens with one attached hydrogen (secondary N) is 1. The quantitative estimate of drug-likeness (QED) is 0.664. The first kappa shape index (κ1) is 10.5. The number of aliphatic carboxylic acids is 1. The van der Waals surface area contributed by atoms with Gasteiger partial charge in [0, 0.05) is 12.2 Å². The normalized spacial score (nSPS) is 12.1. The number of hydrogen-bond donors (Lipinski definition) is 3. The van der Waals surface area contributed by atoms with Crippen LogP contribution in [0.2, 0.25) is 0 Å². The molecule has 5 heteroatoms. The molecule has 0 saturated heterocycles. The highest BCUT2D eigenvalue weighted by Crippen LogP contribution is 2.08. The Morgan fingerprint density at radius 1 is 1.64 bits per heavy atom. The lowest BCUT2D eigenvalue weighted by atomic mass is 10.2. The molecule has 0 aliphatic carbocycles. The van der Waals surface area contributed by atoms with Crippen LogP contribution in [0.5, 0.6) is 0 Å². The largest absolute Gasteiger partial charge is 0.480 e. The zero-order valence-corrected chi connectivity index (χ0v) is 7.40. The summed E-state index contributed by atoms with van der Waals surface area (Å²) in [5.74, 6) is -1.47. The van der Waals surface area contributed by atoms with E-state index in [9.17, 15) is 9.18 Å². The Morgan fingerprint density at radius 2 is 2.36 bits per heavy atom. The first-order chi connectivity index (χ1) is 6.59. The Kier molecular flexibility index (Phi) is 3.41. The van der Waals surface area contributed by atoms with Gasteiger partial charge in [0.15, 0.2) is 0 Å². The van der Waals surface area contributed by atoms with E-state index < -0.39 is 12.0 Å². The highest BCUT2D eigenvalue weighted by molar-refractivity contribution is 5.74. The minimum Gasteiger partial charge on any atom is -0.480 e. The second-order valence-corrected chi connectivity index (χ2v) is 2.84. The molecule has 14 heavy (non-hydrogen) atoms. The predicted octanol–water partition coefficient (Wildman–Crippen LogP) is 0.649. The SMILES string of the molecule is NC(CNc1cccc(F)c1)C(=O)O. The van der Waals surface area contributed by atoms with Gasteiger partial charge in [-0.15, -0.1) is 0 Å². The van der Waals surface area contributed by atoms with Crippen LogP contribution in [0.1, 0.15) is 0 Å². The van der Waals surface area contributed by atoms with E-state index in [4.69, 9.17) is 10.8 Å². The van der Waals surface area contributed by atoms with Crippen LogP contribution in [0, 0.1) is 5.82 Å². The summed E-state index contributed by atoms with van der Waals surface area (Å²) in [6, 6.07) is 4.76. The van der Waals surface area contributed by atoms with Crippen molar-refractivity contribution in [3.05, 3.63) is 30.1 Å². The van der Waals surface area contributed by atoms with Crippen LogP contribution in [0.3, 0.4) is 0 Å². The summed E-state index contributed by atoms with van der Waals surface area (Å²) < 4.78 is 12.7. The van der Waals surface area contributed by atoms with Crippen molar-refractivity contribution in [2.24, 2.45) is 5.73 Å². The number of benzene rings is 1. The summed E-state index contributed by atoms with van der Waals surface area (Å²) in [6.45, 7) is 0.0682. The van der Waals surface area contributed by atoms with Gasteiger partial charge in [-0.05, 0) is 18.2 Å². The number of halogens is 1. The summed E-state index contributed by atoms with van der Waals surface area (Å²) in [7, 11) is 0. The molecule has 1 aromatic rings. The fourth-order valence-corrected chi connectivity index (χ4v) is 0.914. The van der Waals surface area contributed by atoms with Gasteiger partial charge < -0.3 is 16.2 Å². The first-order valence-electron chi connectivity index (χ1n) is 4.07. The average molecular weight is 198 g/mol. The van der Waals surface area contributed by atoms with Crippen molar-refractivity contribution in [1.82, 2.24) is 0 Å². The summed E-state index contributed by atoms with van der Waals surface area (Å²) in [4.78, 5) is 10.3. The third-order valence-corrected chi connectivity index (χ3v) is 1.67. The lowest BCUT2D eigenvalue weighted by Crippen LogP contribution is -2.36. The average Bonchev–Trinajstić information content (AvgIpc) is 2.14. The van der Waals surface area contributed by atoms with E-state index in [1.165, 1.54) is 18.2 Å². The predicted molar refractivity (Wildman–Crippen MR) is 50.5 cm³/mol. The first-order valence-corrected chi connectivity index (χ1v) is 4.07. The topological polar surface area (TPSA) is 75.3 Å². The second-order valence-electron chi connectivity index (χ2n) is 2.84. The standard InChI is InChI=1S/C9H11FN2O2/c10-6-2-1-3-7(4-6)12-5-8(11)9(13)14/h1-4,8,12H,5,11H2,(H,13,14). The molecule has 1 atom stereocenters. The lowest BCUT2D eigenvalue weighted by molar-refractivity contribution is -0.138. The van der Waals surface area contributed by atoms with E-state index in [0.717, 1.165) is 0 Å². The Morgan fingerprint density at radius 3 is 2.93 bits per heavy atom. The van der Waals surface area contributed by atoms with Gasteiger partial charge >= 0.3 is 5.97 Å². The maximum absolute atomic E-state index is 12.7. The maximum Gasteiger partial charge on any atom is 0.322 e. The highest BCUT2D eigenvalue weighted by atomic mass is 19.1. The van der Waals surface area contributed by atoms with Crippen molar-refractivity contribution in [2.75, 3.05) is 11.9 Å². The molecule has 0 saturated carbocycles.